The minimum Gasteiger partial charge on any atom is -0.381 e. The van der Waals surface area contributed by atoms with Crippen molar-refractivity contribution in [2.45, 2.75) is 32.8 Å². The molecule has 0 radical (unpaired) electrons. The highest BCUT2D eigenvalue weighted by atomic mass is 16.5. The van der Waals surface area contributed by atoms with Crippen LogP contribution in [0.4, 0.5) is 0 Å². The second-order valence-electron chi connectivity index (χ2n) is 6.99. The van der Waals surface area contributed by atoms with Gasteiger partial charge in [0.2, 0.25) is 0 Å². The third-order valence-corrected chi connectivity index (χ3v) is 4.97. The van der Waals surface area contributed by atoms with Crippen LogP contribution in [0.3, 0.4) is 0 Å². The zero-order chi connectivity index (χ0) is 17.8. The summed E-state index contributed by atoms with van der Waals surface area (Å²) in [6.07, 6.45) is 3.73. The highest BCUT2D eigenvalue weighted by Gasteiger charge is 2.32. The summed E-state index contributed by atoms with van der Waals surface area (Å²) >= 11 is 0. The molecule has 4 heteroatoms. The average molecular weight is 338 g/mol. The first-order valence-corrected chi connectivity index (χ1v) is 8.87. The standard InChI is InChI=1S/C21H26N2O2/c1-15-5-4-6-17(11-15)12-18-14-23(10-9-20(18)25-3)21(24)19-8-7-16(2)13-22-19/h4-8,11,13,18,20H,9-10,12,14H2,1-3H3/t18-,20+/m0/s1. The van der Waals surface area contributed by atoms with E-state index in [1.807, 2.05) is 24.0 Å². The van der Waals surface area contributed by atoms with Crippen LogP contribution in [0.2, 0.25) is 0 Å². The lowest BCUT2D eigenvalue weighted by atomic mass is 9.88. The number of carbonyl (C=O) groups is 1. The summed E-state index contributed by atoms with van der Waals surface area (Å²) in [5.41, 5.74) is 4.15. The van der Waals surface area contributed by atoms with Gasteiger partial charge in [-0.2, -0.15) is 0 Å². The van der Waals surface area contributed by atoms with Crippen LogP contribution in [-0.4, -0.2) is 42.1 Å². The fraction of sp³-hybridized carbons (Fsp3) is 0.429. The number of pyridine rings is 1. The third kappa shape index (κ3) is 4.26. The lowest BCUT2D eigenvalue weighted by Crippen LogP contribution is -2.47. The quantitative estimate of drug-likeness (QED) is 0.858. The van der Waals surface area contributed by atoms with Crippen molar-refractivity contribution in [1.82, 2.24) is 9.88 Å². The maximum Gasteiger partial charge on any atom is 0.272 e. The van der Waals surface area contributed by atoms with Gasteiger partial charge in [0, 0.05) is 32.3 Å². The molecule has 0 N–H and O–H groups in total. The number of rotatable bonds is 4. The second-order valence-corrected chi connectivity index (χ2v) is 6.99. The number of aromatic nitrogens is 1. The first-order valence-electron chi connectivity index (χ1n) is 8.87. The minimum absolute atomic E-state index is 0.0174. The van der Waals surface area contributed by atoms with Crippen LogP contribution in [-0.2, 0) is 11.2 Å². The van der Waals surface area contributed by atoms with Crippen LogP contribution in [0.25, 0.3) is 0 Å². The van der Waals surface area contributed by atoms with Crippen LogP contribution in [0.1, 0.15) is 33.6 Å². The maximum absolute atomic E-state index is 12.8. The van der Waals surface area contributed by atoms with Crippen LogP contribution in [0.5, 0.6) is 0 Å². The number of nitrogens with zero attached hydrogens (tertiary/aromatic N) is 2. The van der Waals surface area contributed by atoms with Gasteiger partial charge in [-0.25, -0.2) is 0 Å². The van der Waals surface area contributed by atoms with Crippen LogP contribution in [0, 0.1) is 19.8 Å². The van der Waals surface area contributed by atoms with Crippen LogP contribution in [0.15, 0.2) is 42.6 Å². The van der Waals surface area contributed by atoms with Crippen molar-refractivity contribution < 1.29 is 9.53 Å². The summed E-state index contributed by atoms with van der Waals surface area (Å²) in [7, 11) is 1.77. The lowest BCUT2D eigenvalue weighted by molar-refractivity contribution is -0.00317. The van der Waals surface area contributed by atoms with Gasteiger partial charge in [0.25, 0.3) is 5.91 Å². The molecule has 0 spiro atoms. The molecule has 0 saturated carbocycles. The molecule has 1 aliphatic rings. The number of hydrogen-bond acceptors (Lipinski definition) is 3. The van der Waals surface area contributed by atoms with E-state index in [0.717, 1.165) is 24.9 Å². The molecule has 1 saturated heterocycles. The first-order chi connectivity index (χ1) is 12.1. The molecule has 2 heterocycles. The molecule has 0 unspecified atom stereocenters. The fourth-order valence-electron chi connectivity index (χ4n) is 3.60. The molecule has 132 valence electrons. The van der Waals surface area contributed by atoms with Crippen molar-refractivity contribution in [2.75, 3.05) is 20.2 Å². The SMILES string of the molecule is CO[C@@H]1CCN(C(=O)c2ccc(C)cn2)C[C@@H]1Cc1cccc(C)c1. The second kappa shape index (κ2) is 7.79. The molecule has 0 bridgehead atoms. The monoisotopic (exact) mass is 338 g/mol. The number of likely N-dealkylation sites (tertiary alicyclic amines) is 1. The highest BCUT2D eigenvalue weighted by molar-refractivity contribution is 5.92. The van der Waals surface area contributed by atoms with Crippen molar-refractivity contribution in [2.24, 2.45) is 5.92 Å². The molecule has 1 aromatic carbocycles. The summed E-state index contributed by atoms with van der Waals surface area (Å²) < 4.78 is 5.70. The van der Waals surface area contributed by atoms with Gasteiger partial charge in [-0.1, -0.05) is 35.9 Å². The van der Waals surface area contributed by atoms with E-state index in [-0.39, 0.29) is 12.0 Å². The average Bonchev–Trinajstić information content (AvgIpc) is 2.62. The summed E-state index contributed by atoms with van der Waals surface area (Å²) in [6, 6.07) is 12.3. The largest absolute Gasteiger partial charge is 0.381 e. The Morgan fingerprint density at radius 1 is 1.24 bits per heavy atom. The lowest BCUT2D eigenvalue weighted by Gasteiger charge is -2.38. The Hall–Kier alpha value is -2.20. The van der Waals surface area contributed by atoms with E-state index in [4.69, 9.17) is 4.74 Å². The Labute approximate surface area is 149 Å². The normalized spacial score (nSPS) is 20.5. The molecule has 0 aliphatic carbocycles. The maximum atomic E-state index is 12.8. The number of hydrogen-bond donors (Lipinski definition) is 0. The number of amides is 1. The summed E-state index contributed by atoms with van der Waals surface area (Å²) in [4.78, 5) is 19.0. The Morgan fingerprint density at radius 2 is 2.08 bits per heavy atom. The van der Waals surface area contributed by atoms with E-state index in [0.29, 0.717) is 18.2 Å². The van der Waals surface area contributed by atoms with Gasteiger partial charge in [0.15, 0.2) is 0 Å². The topological polar surface area (TPSA) is 42.4 Å². The van der Waals surface area contributed by atoms with Crippen molar-refractivity contribution in [3.8, 4) is 0 Å². The highest BCUT2D eigenvalue weighted by Crippen LogP contribution is 2.25. The van der Waals surface area contributed by atoms with Crippen molar-refractivity contribution in [3.63, 3.8) is 0 Å². The molecule has 1 amide bonds. The van der Waals surface area contributed by atoms with Crippen LogP contribution < -0.4 is 0 Å². The molecular formula is C21H26N2O2. The zero-order valence-electron chi connectivity index (χ0n) is 15.2. The van der Waals surface area contributed by atoms with Gasteiger partial charge < -0.3 is 9.64 Å². The molecular weight excluding hydrogens is 312 g/mol. The predicted octanol–water partition coefficient (Wildman–Crippen LogP) is 3.42. The van der Waals surface area contributed by atoms with Gasteiger partial charge in [0.05, 0.1) is 6.10 Å². The fourth-order valence-corrected chi connectivity index (χ4v) is 3.60. The van der Waals surface area contributed by atoms with E-state index < -0.39 is 0 Å². The van der Waals surface area contributed by atoms with Crippen molar-refractivity contribution in [3.05, 3.63) is 65.0 Å². The third-order valence-electron chi connectivity index (χ3n) is 4.97. The Kier molecular flexibility index (Phi) is 5.49. The van der Waals surface area contributed by atoms with Crippen molar-refractivity contribution >= 4 is 5.91 Å². The number of ether oxygens (including phenoxy) is 1. The Balaban J connectivity index is 1.73. The van der Waals surface area contributed by atoms with Crippen LogP contribution >= 0.6 is 0 Å². The van der Waals surface area contributed by atoms with Gasteiger partial charge in [-0.15, -0.1) is 0 Å². The van der Waals surface area contributed by atoms with Crippen molar-refractivity contribution in [1.29, 1.82) is 0 Å². The van der Waals surface area contributed by atoms with Gasteiger partial charge in [-0.05, 0) is 43.9 Å². The van der Waals surface area contributed by atoms with Gasteiger partial charge in [-0.3, -0.25) is 9.78 Å². The van der Waals surface area contributed by atoms with E-state index in [1.165, 1.54) is 11.1 Å². The number of piperidine rings is 1. The molecule has 1 aliphatic heterocycles. The number of benzene rings is 1. The summed E-state index contributed by atoms with van der Waals surface area (Å²) in [5.74, 6) is 0.318. The van der Waals surface area contributed by atoms with E-state index in [1.54, 1.807) is 13.3 Å². The smallest absolute Gasteiger partial charge is 0.272 e. The Morgan fingerprint density at radius 3 is 2.76 bits per heavy atom. The molecule has 25 heavy (non-hydrogen) atoms. The molecule has 1 fully saturated rings. The zero-order valence-corrected chi connectivity index (χ0v) is 15.2. The molecule has 2 atom stereocenters. The molecule has 3 rings (SSSR count). The summed E-state index contributed by atoms with van der Waals surface area (Å²) in [5, 5.41) is 0. The van der Waals surface area contributed by atoms with E-state index >= 15 is 0 Å². The minimum atomic E-state index is 0.0174. The number of aryl methyl sites for hydroxylation is 2. The predicted molar refractivity (Wildman–Crippen MR) is 98.7 cm³/mol. The number of methoxy groups -OCH3 is 1. The van der Waals surface area contributed by atoms with Gasteiger partial charge >= 0.3 is 0 Å². The first kappa shape index (κ1) is 17.6. The van der Waals surface area contributed by atoms with E-state index in [9.17, 15) is 4.79 Å². The van der Waals surface area contributed by atoms with Gasteiger partial charge in [0.1, 0.15) is 5.69 Å². The summed E-state index contributed by atoms with van der Waals surface area (Å²) in [6.45, 7) is 5.51. The Bertz CT molecular complexity index is 727. The molecule has 4 nitrogen and oxygen atoms in total. The molecule has 2 aromatic rings. The van der Waals surface area contributed by atoms with E-state index in [2.05, 4.69) is 36.2 Å². The molecule has 1 aromatic heterocycles. The number of carbonyl (C=O) groups excluding carboxylic acids is 1.